The van der Waals surface area contributed by atoms with Gasteiger partial charge in [-0.3, -0.25) is 4.79 Å². The fraction of sp³-hybridized carbons (Fsp3) is 0.381. The van der Waals surface area contributed by atoms with Gasteiger partial charge in [0.1, 0.15) is 23.1 Å². The number of amides is 1. The number of hydrogen-bond donors (Lipinski definition) is 0. The Morgan fingerprint density at radius 2 is 1.93 bits per heavy atom. The number of benzene rings is 2. The van der Waals surface area contributed by atoms with Crippen LogP contribution in [0.3, 0.4) is 0 Å². The highest BCUT2D eigenvalue weighted by atomic mass is 32.2. The number of methoxy groups -OCH3 is 1. The zero-order valence-corrected chi connectivity index (χ0v) is 17.4. The van der Waals surface area contributed by atoms with Gasteiger partial charge in [0, 0.05) is 32.4 Å². The molecule has 7 nitrogen and oxygen atoms in total. The number of halogens is 1. The standard InChI is InChI=1S/C21H24FNO6S/c1-27-15-21(24)23(14-18-6-4-12-28-18)13-16-5-2-3-7-20(16)29-30(25,26)19-10-8-17(22)9-11-19/h2-3,5,7-11,18H,4,6,12-15H2,1H3/t18-/m1/s1. The molecule has 9 heteroatoms. The molecule has 162 valence electrons. The molecule has 1 aliphatic rings. The zero-order chi connectivity index (χ0) is 21.6. The van der Waals surface area contributed by atoms with Gasteiger partial charge in [-0.15, -0.1) is 0 Å². The predicted octanol–water partition coefficient (Wildman–Crippen LogP) is 2.75. The quantitative estimate of drug-likeness (QED) is 0.561. The molecule has 2 aromatic rings. The number of rotatable bonds is 9. The van der Waals surface area contributed by atoms with Crippen molar-refractivity contribution in [3.05, 3.63) is 59.9 Å². The van der Waals surface area contributed by atoms with Crippen LogP contribution >= 0.6 is 0 Å². The molecule has 0 N–H and O–H groups in total. The van der Waals surface area contributed by atoms with E-state index in [0.29, 0.717) is 18.7 Å². The van der Waals surface area contributed by atoms with Crippen LogP contribution in [0.4, 0.5) is 4.39 Å². The van der Waals surface area contributed by atoms with Crippen molar-refractivity contribution < 1.29 is 31.3 Å². The third kappa shape index (κ3) is 5.78. The lowest BCUT2D eigenvalue weighted by Crippen LogP contribution is -2.39. The van der Waals surface area contributed by atoms with Gasteiger partial charge in [-0.1, -0.05) is 18.2 Å². The largest absolute Gasteiger partial charge is 0.379 e. The summed E-state index contributed by atoms with van der Waals surface area (Å²) in [5.74, 6) is -0.677. The smallest absolute Gasteiger partial charge is 0.339 e. The molecule has 1 saturated heterocycles. The Labute approximate surface area is 175 Å². The van der Waals surface area contributed by atoms with E-state index in [4.69, 9.17) is 13.7 Å². The van der Waals surface area contributed by atoms with E-state index in [1.807, 2.05) is 0 Å². The molecule has 1 atom stereocenters. The number of ether oxygens (including phenoxy) is 2. The first-order valence-corrected chi connectivity index (χ1v) is 11.0. The Morgan fingerprint density at radius 3 is 2.60 bits per heavy atom. The molecule has 1 heterocycles. The van der Waals surface area contributed by atoms with E-state index in [1.165, 1.54) is 13.2 Å². The molecule has 3 rings (SSSR count). The highest BCUT2D eigenvalue weighted by molar-refractivity contribution is 7.87. The maximum absolute atomic E-state index is 13.1. The lowest BCUT2D eigenvalue weighted by Gasteiger charge is -2.26. The van der Waals surface area contributed by atoms with Crippen molar-refractivity contribution in [3.63, 3.8) is 0 Å². The van der Waals surface area contributed by atoms with Gasteiger partial charge in [0.15, 0.2) is 0 Å². The van der Waals surface area contributed by atoms with E-state index >= 15 is 0 Å². The zero-order valence-electron chi connectivity index (χ0n) is 16.6. The fourth-order valence-electron chi connectivity index (χ4n) is 3.19. The van der Waals surface area contributed by atoms with Crippen LogP contribution in [-0.2, 0) is 30.9 Å². The number of nitrogens with zero attached hydrogens (tertiary/aromatic N) is 1. The van der Waals surface area contributed by atoms with Crippen molar-refractivity contribution in [1.29, 1.82) is 0 Å². The van der Waals surface area contributed by atoms with Gasteiger partial charge in [0.25, 0.3) is 0 Å². The van der Waals surface area contributed by atoms with E-state index in [2.05, 4.69) is 0 Å². The molecule has 0 spiro atoms. The van der Waals surface area contributed by atoms with Crippen LogP contribution in [0, 0.1) is 5.82 Å². The molecule has 1 fully saturated rings. The Kier molecular flexibility index (Phi) is 7.41. The van der Waals surface area contributed by atoms with E-state index in [9.17, 15) is 17.6 Å². The second kappa shape index (κ2) is 10.0. The maximum Gasteiger partial charge on any atom is 0.339 e. The first kappa shape index (κ1) is 22.2. The summed E-state index contributed by atoms with van der Waals surface area (Å²) in [4.78, 5) is 13.9. The molecule has 30 heavy (non-hydrogen) atoms. The molecule has 0 saturated carbocycles. The molecule has 0 aliphatic carbocycles. The van der Waals surface area contributed by atoms with E-state index in [1.54, 1.807) is 23.1 Å². The maximum atomic E-state index is 13.1. The summed E-state index contributed by atoms with van der Waals surface area (Å²) >= 11 is 0. The summed E-state index contributed by atoms with van der Waals surface area (Å²) in [6, 6.07) is 11.0. The van der Waals surface area contributed by atoms with E-state index in [-0.39, 0.29) is 35.8 Å². The number of carbonyl (C=O) groups excluding carboxylic acids is 1. The van der Waals surface area contributed by atoms with Crippen LogP contribution in [0.5, 0.6) is 5.75 Å². The molecule has 1 amide bonds. The van der Waals surface area contributed by atoms with Crippen LogP contribution < -0.4 is 4.18 Å². The molecule has 1 aliphatic heterocycles. The first-order valence-electron chi connectivity index (χ1n) is 9.55. The molecule has 0 radical (unpaired) electrons. The monoisotopic (exact) mass is 437 g/mol. The summed E-state index contributed by atoms with van der Waals surface area (Å²) in [5.41, 5.74) is 0.519. The second-order valence-corrected chi connectivity index (χ2v) is 8.49. The Hall–Kier alpha value is -2.49. The van der Waals surface area contributed by atoms with Crippen molar-refractivity contribution in [3.8, 4) is 5.75 Å². The predicted molar refractivity (Wildman–Crippen MR) is 107 cm³/mol. The summed E-state index contributed by atoms with van der Waals surface area (Å²) in [5, 5.41) is 0. The van der Waals surface area contributed by atoms with Gasteiger partial charge < -0.3 is 18.6 Å². The third-order valence-electron chi connectivity index (χ3n) is 4.70. The average molecular weight is 437 g/mol. The van der Waals surface area contributed by atoms with Crippen molar-refractivity contribution in [2.24, 2.45) is 0 Å². The molecule has 0 aromatic heterocycles. The molecule has 0 unspecified atom stereocenters. The lowest BCUT2D eigenvalue weighted by molar-refractivity contribution is -0.137. The van der Waals surface area contributed by atoms with E-state index in [0.717, 1.165) is 37.1 Å². The topological polar surface area (TPSA) is 82.1 Å². The Balaban J connectivity index is 1.81. The van der Waals surface area contributed by atoms with Crippen molar-refractivity contribution in [2.75, 3.05) is 26.9 Å². The van der Waals surface area contributed by atoms with Gasteiger partial charge in [0.2, 0.25) is 5.91 Å². The van der Waals surface area contributed by atoms with Gasteiger partial charge in [-0.2, -0.15) is 8.42 Å². The average Bonchev–Trinajstić information content (AvgIpc) is 3.22. The highest BCUT2D eigenvalue weighted by Gasteiger charge is 2.25. The molecular formula is C21H24FNO6S. The number of para-hydroxylation sites is 1. The Morgan fingerprint density at radius 1 is 1.20 bits per heavy atom. The molecule has 2 aromatic carbocycles. The SMILES string of the molecule is COCC(=O)N(Cc1ccccc1OS(=O)(=O)c1ccc(F)cc1)C[C@H]1CCCO1. The van der Waals surface area contributed by atoms with Crippen LogP contribution in [-0.4, -0.2) is 52.2 Å². The van der Waals surface area contributed by atoms with Crippen LogP contribution in [0.15, 0.2) is 53.4 Å². The summed E-state index contributed by atoms with van der Waals surface area (Å²) in [6.07, 6.45) is 1.72. The minimum Gasteiger partial charge on any atom is -0.379 e. The minimum atomic E-state index is -4.16. The Bertz CT molecular complexity index is 958. The lowest BCUT2D eigenvalue weighted by atomic mass is 10.1. The van der Waals surface area contributed by atoms with Crippen LogP contribution in [0.1, 0.15) is 18.4 Å². The summed E-state index contributed by atoms with van der Waals surface area (Å²) in [6.45, 7) is 1.08. The third-order valence-corrected chi connectivity index (χ3v) is 5.95. The first-order chi connectivity index (χ1) is 14.4. The van der Waals surface area contributed by atoms with Gasteiger partial charge in [-0.25, -0.2) is 4.39 Å². The normalized spacial score (nSPS) is 16.4. The summed E-state index contributed by atoms with van der Waals surface area (Å²) < 4.78 is 54.3. The van der Waals surface area contributed by atoms with E-state index < -0.39 is 15.9 Å². The van der Waals surface area contributed by atoms with Crippen molar-refractivity contribution in [2.45, 2.75) is 30.4 Å². The number of hydrogen-bond acceptors (Lipinski definition) is 6. The van der Waals surface area contributed by atoms with Crippen molar-refractivity contribution in [1.82, 2.24) is 4.90 Å². The van der Waals surface area contributed by atoms with Gasteiger partial charge in [-0.05, 0) is 43.2 Å². The van der Waals surface area contributed by atoms with Gasteiger partial charge in [0.05, 0.1) is 6.10 Å². The number of carbonyl (C=O) groups is 1. The van der Waals surface area contributed by atoms with Gasteiger partial charge >= 0.3 is 10.1 Å². The minimum absolute atomic E-state index is 0.0677. The fourth-order valence-corrected chi connectivity index (χ4v) is 4.16. The van der Waals surface area contributed by atoms with Crippen LogP contribution in [0.2, 0.25) is 0 Å². The summed E-state index contributed by atoms with van der Waals surface area (Å²) in [7, 11) is -2.72. The molecular weight excluding hydrogens is 413 g/mol. The molecule has 0 bridgehead atoms. The van der Waals surface area contributed by atoms with Crippen molar-refractivity contribution >= 4 is 16.0 Å². The highest BCUT2D eigenvalue weighted by Crippen LogP contribution is 2.25. The van der Waals surface area contributed by atoms with Crippen LogP contribution in [0.25, 0.3) is 0 Å². The second-order valence-electron chi connectivity index (χ2n) is 6.94.